The number of nitriles is 1. The third-order valence-electron chi connectivity index (χ3n) is 6.63. The summed E-state index contributed by atoms with van der Waals surface area (Å²) >= 11 is 0. The number of hydrogen-bond acceptors (Lipinski definition) is 5. The van der Waals surface area contributed by atoms with Crippen molar-refractivity contribution >= 4 is 16.9 Å². The lowest BCUT2D eigenvalue weighted by atomic mass is 9.81. The standard InChI is InChI=1S/C24H24FN5O2/c25-20-10-23-21(28-14-20)5-7-29(23)15-16-1-3-18(4-2-16)24(31)30-22(6-8-32-30)19-9-17(11-26)12-27-13-19/h5,7,9-10,12-14,16,18,22H,1-4,6,8,15H2/t16?,18?,22-/m0/s1. The highest BCUT2D eigenvalue weighted by Crippen LogP contribution is 2.36. The molecule has 5 rings (SSSR count). The number of aromatic nitrogens is 3. The summed E-state index contributed by atoms with van der Waals surface area (Å²) in [5.41, 5.74) is 2.92. The molecule has 2 fully saturated rings. The molecular formula is C24H24FN5O2. The first-order valence-electron chi connectivity index (χ1n) is 11.0. The zero-order valence-electron chi connectivity index (χ0n) is 17.7. The number of carbonyl (C=O) groups excluding carboxylic acids is 1. The van der Waals surface area contributed by atoms with Crippen molar-refractivity contribution in [1.82, 2.24) is 19.6 Å². The molecule has 2 aliphatic rings. The van der Waals surface area contributed by atoms with Gasteiger partial charge in [0.05, 0.1) is 35.4 Å². The highest BCUT2D eigenvalue weighted by atomic mass is 19.1. The van der Waals surface area contributed by atoms with Crippen LogP contribution in [0.15, 0.2) is 43.0 Å². The van der Waals surface area contributed by atoms with E-state index in [4.69, 9.17) is 10.1 Å². The number of hydrogen-bond donors (Lipinski definition) is 0. The monoisotopic (exact) mass is 433 g/mol. The highest BCUT2D eigenvalue weighted by molar-refractivity contribution is 5.78. The van der Waals surface area contributed by atoms with Crippen LogP contribution in [0.1, 0.15) is 49.3 Å². The van der Waals surface area contributed by atoms with Crippen molar-refractivity contribution in [2.45, 2.75) is 44.7 Å². The Hall–Kier alpha value is -3.31. The van der Waals surface area contributed by atoms with Crippen LogP contribution in [0.2, 0.25) is 0 Å². The van der Waals surface area contributed by atoms with E-state index in [1.54, 1.807) is 12.3 Å². The minimum Gasteiger partial charge on any atom is -0.346 e. The van der Waals surface area contributed by atoms with Crippen LogP contribution in [0.3, 0.4) is 0 Å². The maximum absolute atomic E-state index is 13.6. The van der Waals surface area contributed by atoms with Gasteiger partial charge in [0.25, 0.3) is 0 Å². The van der Waals surface area contributed by atoms with E-state index in [1.807, 2.05) is 12.3 Å². The Balaban J connectivity index is 1.22. The molecule has 4 heterocycles. The molecule has 3 aromatic rings. The summed E-state index contributed by atoms with van der Waals surface area (Å²) in [6.07, 6.45) is 10.6. The van der Waals surface area contributed by atoms with Gasteiger partial charge in [0.2, 0.25) is 5.91 Å². The Labute approximate surface area is 185 Å². The summed E-state index contributed by atoms with van der Waals surface area (Å²) in [5, 5.41) is 10.7. The molecule has 0 unspecified atom stereocenters. The summed E-state index contributed by atoms with van der Waals surface area (Å²) in [6.45, 7) is 1.28. The van der Waals surface area contributed by atoms with Crippen LogP contribution in [0.5, 0.6) is 0 Å². The molecule has 7 nitrogen and oxygen atoms in total. The predicted octanol–water partition coefficient (Wildman–Crippen LogP) is 4.15. The summed E-state index contributed by atoms with van der Waals surface area (Å²) in [7, 11) is 0. The van der Waals surface area contributed by atoms with Crippen molar-refractivity contribution in [3.05, 3.63) is 59.9 Å². The van der Waals surface area contributed by atoms with Gasteiger partial charge < -0.3 is 4.57 Å². The zero-order chi connectivity index (χ0) is 22.1. The third kappa shape index (κ3) is 3.96. The average Bonchev–Trinajstić information content (AvgIpc) is 3.47. The largest absolute Gasteiger partial charge is 0.346 e. The fourth-order valence-corrected chi connectivity index (χ4v) is 4.94. The van der Waals surface area contributed by atoms with Gasteiger partial charge in [-0.15, -0.1) is 0 Å². The van der Waals surface area contributed by atoms with Gasteiger partial charge in [-0.3, -0.25) is 19.6 Å². The molecule has 8 heteroatoms. The fourth-order valence-electron chi connectivity index (χ4n) is 4.94. The first-order chi connectivity index (χ1) is 15.6. The van der Waals surface area contributed by atoms with Gasteiger partial charge in [-0.05, 0) is 49.3 Å². The van der Waals surface area contributed by atoms with Crippen molar-refractivity contribution in [3.63, 3.8) is 0 Å². The summed E-state index contributed by atoms with van der Waals surface area (Å²) in [4.78, 5) is 27.2. The number of pyridine rings is 2. The Morgan fingerprint density at radius 2 is 2.03 bits per heavy atom. The molecular weight excluding hydrogens is 409 g/mol. The van der Waals surface area contributed by atoms with E-state index in [0.717, 1.165) is 48.8 Å². The van der Waals surface area contributed by atoms with Crippen molar-refractivity contribution in [2.75, 3.05) is 6.61 Å². The molecule has 0 aromatic carbocycles. The first kappa shape index (κ1) is 20.6. The number of hydroxylamine groups is 2. The van der Waals surface area contributed by atoms with E-state index in [0.29, 0.717) is 24.5 Å². The topological polar surface area (TPSA) is 84.0 Å². The van der Waals surface area contributed by atoms with E-state index >= 15 is 0 Å². The van der Waals surface area contributed by atoms with Crippen molar-refractivity contribution in [3.8, 4) is 6.07 Å². The summed E-state index contributed by atoms with van der Waals surface area (Å²) in [5.74, 6) is 0.0534. The zero-order valence-corrected chi connectivity index (χ0v) is 17.7. The number of rotatable bonds is 4. The quantitative estimate of drug-likeness (QED) is 0.617. The lowest BCUT2D eigenvalue weighted by Crippen LogP contribution is -2.37. The second kappa shape index (κ2) is 8.67. The maximum Gasteiger partial charge on any atom is 0.249 e. The van der Waals surface area contributed by atoms with Crippen LogP contribution in [-0.4, -0.2) is 32.1 Å². The molecule has 1 atom stereocenters. The minimum atomic E-state index is -0.331. The molecule has 0 spiro atoms. The molecule has 1 saturated carbocycles. The van der Waals surface area contributed by atoms with Gasteiger partial charge in [-0.25, -0.2) is 9.45 Å². The molecule has 3 aromatic heterocycles. The maximum atomic E-state index is 13.6. The molecule has 1 amide bonds. The number of fused-ring (bicyclic) bond motifs is 1. The lowest BCUT2D eigenvalue weighted by Gasteiger charge is -2.32. The number of nitrogens with zero attached hydrogens (tertiary/aromatic N) is 5. The number of carbonyl (C=O) groups is 1. The molecule has 0 radical (unpaired) electrons. The van der Waals surface area contributed by atoms with Crippen molar-refractivity contribution in [1.29, 1.82) is 5.26 Å². The van der Waals surface area contributed by atoms with Gasteiger partial charge in [0.1, 0.15) is 11.9 Å². The smallest absolute Gasteiger partial charge is 0.249 e. The Bertz CT molecular complexity index is 1180. The Morgan fingerprint density at radius 3 is 2.84 bits per heavy atom. The van der Waals surface area contributed by atoms with Crippen LogP contribution in [0, 0.1) is 29.0 Å². The van der Waals surface area contributed by atoms with E-state index < -0.39 is 0 Å². The van der Waals surface area contributed by atoms with Gasteiger partial charge in [-0.1, -0.05) is 0 Å². The second-order valence-corrected chi connectivity index (χ2v) is 8.66. The van der Waals surface area contributed by atoms with Crippen LogP contribution >= 0.6 is 0 Å². The Morgan fingerprint density at radius 1 is 1.19 bits per heavy atom. The van der Waals surface area contributed by atoms with E-state index in [2.05, 4.69) is 20.6 Å². The van der Waals surface area contributed by atoms with E-state index in [9.17, 15) is 9.18 Å². The third-order valence-corrected chi connectivity index (χ3v) is 6.63. The lowest BCUT2D eigenvalue weighted by molar-refractivity contribution is -0.183. The van der Waals surface area contributed by atoms with Gasteiger partial charge in [0.15, 0.2) is 0 Å². The minimum absolute atomic E-state index is 0.0194. The summed E-state index contributed by atoms with van der Waals surface area (Å²) in [6, 6.07) is 7.12. The van der Waals surface area contributed by atoms with Gasteiger partial charge in [0, 0.05) is 43.5 Å². The van der Waals surface area contributed by atoms with Crippen molar-refractivity contribution < 1.29 is 14.0 Å². The van der Waals surface area contributed by atoms with Crippen LogP contribution < -0.4 is 0 Å². The molecule has 0 N–H and O–H groups in total. The number of halogens is 1. The molecule has 0 bridgehead atoms. The van der Waals surface area contributed by atoms with Crippen LogP contribution in [-0.2, 0) is 16.2 Å². The molecule has 1 saturated heterocycles. The van der Waals surface area contributed by atoms with Crippen LogP contribution in [0.25, 0.3) is 11.0 Å². The van der Waals surface area contributed by atoms with Gasteiger partial charge >= 0.3 is 0 Å². The molecule has 1 aliphatic carbocycles. The van der Waals surface area contributed by atoms with E-state index in [-0.39, 0.29) is 23.7 Å². The van der Waals surface area contributed by atoms with Gasteiger partial charge in [-0.2, -0.15) is 5.26 Å². The molecule has 1 aliphatic heterocycles. The molecule has 32 heavy (non-hydrogen) atoms. The normalized spacial score (nSPS) is 23.4. The highest BCUT2D eigenvalue weighted by Gasteiger charge is 2.37. The number of amides is 1. The average molecular weight is 433 g/mol. The van der Waals surface area contributed by atoms with Crippen LogP contribution in [0.4, 0.5) is 4.39 Å². The van der Waals surface area contributed by atoms with E-state index in [1.165, 1.54) is 23.5 Å². The Kier molecular flexibility index (Phi) is 5.58. The fraction of sp³-hybridized carbons (Fsp3) is 0.417. The first-order valence-corrected chi connectivity index (χ1v) is 11.0. The SMILES string of the molecule is N#Cc1cncc([C@@H]2CCON2C(=O)C2CCC(Cn3ccc4ncc(F)cc43)CC2)c1. The predicted molar refractivity (Wildman–Crippen MR) is 114 cm³/mol. The second-order valence-electron chi connectivity index (χ2n) is 8.66. The van der Waals surface area contributed by atoms with Crippen molar-refractivity contribution in [2.24, 2.45) is 11.8 Å². The molecule has 164 valence electrons. The summed E-state index contributed by atoms with van der Waals surface area (Å²) < 4.78 is 15.7.